The smallest absolute Gasteiger partial charge is 0.282 e. The van der Waals surface area contributed by atoms with Gasteiger partial charge in [-0.05, 0) is 66.9 Å². The summed E-state index contributed by atoms with van der Waals surface area (Å²) >= 11 is 0. The maximum atomic E-state index is 13.2. The van der Waals surface area contributed by atoms with Gasteiger partial charge in [0.2, 0.25) is 0 Å². The first kappa shape index (κ1) is 22.7. The lowest BCUT2D eigenvalue weighted by molar-refractivity contribution is -0.307. The lowest BCUT2D eigenvalue weighted by Crippen LogP contribution is -2.28. The molecule has 0 aliphatic rings. The standard InChI is InChI=1S/C26H23N3O5/c1-17-6-5-7-18(2)25(17)34-15-23-28-22-9-4-3-8-21(22)26(32)29(23)27-14-19-10-12-20(13-11-19)33-16-24(30)31/h3-14H,15-16H2,1-2H3,(H,30,31)/p-1/b27-14+. The minimum Gasteiger partial charge on any atom is -0.546 e. The Morgan fingerprint density at radius 3 is 2.41 bits per heavy atom. The minimum absolute atomic E-state index is 0.0547. The quantitative estimate of drug-likeness (QED) is 0.378. The van der Waals surface area contributed by atoms with Crippen molar-refractivity contribution in [2.75, 3.05) is 6.61 Å². The third-order valence-electron chi connectivity index (χ3n) is 5.13. The summed E-state index contributed by atoms with van der Waals surface area (Å²) in [7, 11) is 0. The SMILES string of the molecule is Cc1cccc(C)c1OCc1nc2ccccc2c(=O)n1/N=C/c1ccc(OCC(=O)[O-])cc1. The molecule has 34 heavy (non-hydrogen) atoms. The van der Waals surface area contributed by atoms with E-state index >= 15 is 0 Å². The molecule has 4 rings (SSSR count). The van der Waals surface area contributed by atoms with Crippen molar-refractivity contribution in [1.82, 2.24) is 9.66 Å². The Labute approximate surface area is 195 Å². The monoisotopic (exact) mass is 456 g/mol. The van der Waals surface area contributed by atoms with Crippen molar-refractivity contribution in [2.24, 2.45) is 5.10 Å². The molecule has 8 nitrogen and oxygen atoms in total. The molecular weight excluding hydrogens is 434 g/mol. The summed E-state index contributed by atoms with van der Waals surface area (Å²) in [5.41, 5.74) is 2.91. The molecule has 0 spiro atoms. The molecule has 8 heteroatoms. The summed E-state index contributed by atoms with van der Waals surface area (Å²) in [5, 5.41) is 15.4. The number of rotatable bonds is 8. The zero-order chi connectivity index (χ0) is 24.1. The van der Waals surface area contributed by atoms with E-state index in [-0.39, 0.29) is 12.2 Å². The third-order valence-corrected chi connectivity index (χ3v) is 5.13. The van der Waals surface area contributed by atoms with Gasteiger partial charge in [0.1, 0.15) is 24.7 Å². The number of para-hydroxylation sites is 2. The Hall–Kier alpha value is -4.46. The Bertz CT molecular complexity index is 1400. The van der Waals surface area contributed by atoms with Gasteiger partial charge in [-0.3, -0.25) is 4.79 Å². The number of carbonyl (C=O) groups excluding carboxylic acids is 1. The fourth-order valence-corrected chi connectivity index (χ4v) is 3.46. The Balaban J connectivity index is 1.66. The number of aromatic nitrogens is 2. The summed E-state index contributed by atoms with van der Waals surface area (Å²) in [4.78, 5) is 28.3. The number of hydrogen-bond donors (Lipinski definition) is 0. The van der Waals surface area contributed by atoms with Gasteiger partial charge in [-0.15, -0.1) is 0 Å². The van der Waals surface area contributed by atoms with Crippen molar-refractivity contribution < 1.29 is 19.4 Å². The van der Waals surface area contributed by atoms with E-state index in [9.17, 15) is 14.7 Å². The number of nitrogens with zero attached hydrogens (tertiary/aromatic N) is 3. The van der Waals surface area contributed by atoms with Crippen molar-refractivity contribution in [3.05, 3.63) is 99.6 Å². The van der Waals surface area contributed by atoms with Crippen LogP contribution in [-0.2, 0) is 11.4 Å². The lowest BCUT2D eigenvalue weighted by atomic mass is 10.1. The van der Waals surface area contributed by atoms with Crippen molar-refractivity contribution in [3.63, 3.8) is 0 Å². The number of carbonyl (C=O) groups is 1. The van der Waals surface area contributed by atoms with Crippen LogP contribution in [0.4, 0.5) is 0 Å². The van der Waals surface area contributed by atoms with E-state index in [2.05, 4.69) is 10.1 Å². The normalized spacial score (nSPS) is 11.1. The van der Waals surface area contributed by atoms with Gasteiger partial charge in [-0.25, -0.2) is 4.98 Å². The van der Waals surface area contributed by atoms with Crippen molar-refractivity contribution in [3.8, 4) is 11.5 Å². The van der Waals surface area contributed by atoms with Gasteiger partial charge >= 0.3 is 0 Å². The Morgan fingerprint density at radius 1 is 1.00 bits per heavy atom. The molecule has 172 valence electrons. The van der Waals surface area contributed by atoms with Crippen LogP contribution in [0.5, 0.6) is 11.5 Å². The first-order valence-corrected chi connectivity index (χ1v) is 10.6. The van der Waals surface area contributed by atoms with E-state index in [0.29, 0.717) is 28.0 Å². The summed E-state index contributed by atoms with van der Waals surface area (Å²) in [6.07, 6.45) is 1.52. The molecule has 0 saturated carbocycles. The average molecular weight is 456 g/mol. The summed E-state index contributed by atoms with van der Waals surface area (Å²) in [6, 6.07) is 19.6. The molecule has 4 aromatic rings. The van der Waals surface area contributed by atoms with E-state index in [0.717, 1.165) is 16.9 Å². The highest BCUT2D eigenvalue weighted by molar-refractivity contribution is 5.80. The summed E-state index contributed by atoms with van der Waals surface area (Å²) < 4.78 is 12.4. The molecule has 3 aromatic carbocycles. The first-order chi connectivity index (χ1) is 16.4. The van der Waals surface area contributed by atoms with Crippen LogP contribution in [0.2, 0.25) is 0 Å². The van der Waals surface area contributed by atoms with Gasteiger partial charge in [0.25, 0.3) is 5.56 Å². The summed E-state index contributed by atoms with van der Waals surface area (Å²) in [6.45, 7) is 3.44. The topological polar surface area (TPSA) is 106 Å². The van der Waals surface area contributed by atoms with Crippen LogP contribution >= 0.6 is 0 Å². The highest BCUT2D eigenvalue weighted by atomic mass is 16.5. The van der Waals surface area contributed by atoms with Crippen LogP contribution in [0.15, 0.2) is 76.6 Å². The number of hydrogen-bond acceptors (Lipinski definition) is 7. The molecule has 0 atom stereocenters. The molecule has 0 amide bonds. The molecular formula is C26H22N3O5-. The molecule has 0 unspecified atom stereocenters. The fourth-order valence-electron chi connectivity index (χ4n) is 3.46. The van der Waals surface area contributed by atoms with Gasteiger partial charge in [-0.1, -0.05) is 30.3 Å². The van der Waals surface area contributed by atoms with Gasteiger partial charge < -0.3 is 19.4 Å². The maximum Gasteiger partial charge on any atom is 0.282 e. The highest BCUT2D eigenvalue weighted by Gasteiger charge is 2.12. The third kappa shape index (κ3) is 5.12. The molecule has 0 radical (unpaired) electrons. The van der Waals surface area contributed by atoms with Gasteiger partial charge in [0.15, 0.2) is 5.82 Å². The minimum atomic E-state index is -1.30. The van der Waals surface area contributed by atoms with Gasteiger partial charge in [0.05, 0.1) is 23.1 Å². The van der Waals surface area contributed by atoms with E-state index in [1.165, 1.54) is 10.9 Å². The maximum absolute atomic E-state index is 13.2. The molecule has 0 N–H and O–H groups in total. The number of aryl methyl sites for hydroxylation is 2. The van der Waals surface area contributed by atoms with Gasteiger partial charge in [0, 0.05) is 0 Å². The van der Waals surface area contributed by atoms with Crippen LogP contribution < -0.4 is 20.1 Å². The molecule has 0 bridgehead atoms. The Kier molecular flexibility index (Phi) is 6.68. The number of carboxylic acid groups (broad SMARTS) is 1. The number of fused-ring (bicyclic) bond motifs is 1. The fraction of sp³-hybridized carbons (Fsp3) is 0.154. The molecule has 0 fully saturated rings. The van der Waals surface area contributed by atoms with Crippen LogP contribution in [0.1, 0.15) is 22.5 Å². The second-order valence-electron chi connectivity index (χ2n) is 7.65. The average Bonchev–Trinajstić information content (AvgIpc) is 2.83. The first-order valence-electron chi connectivity index (χ1n) is 10.6. The summed E-state index contributed by atoms with van der Waals surface area (Å²) in [5.74, 6) is 0.183. The van der Waals surface area contributed by atoms with Crippen LogP contribution in [0.25, 0.3) is 10.9 Å². The van der Waals surface area contributed by atoms with Crippen LogP contribution in [0.3, 0.4) is 0 Å². The molecule has 1 aromatic heterocycles. The van der Waals surface area contributed by atoms with Crippen molar-refractivity contribution in [2.45, 2.75) is 20.5 Å². The van der Waals surface area contributed by atoms with E-state index in [1.54, 1.807) is 42.5 Å². The van der Waals surface area contributed by atoms with E-state index in [4.69, 9.17) is 9.47 Å². The highest BCUT2D eigenvalue weighted by Crippen LogP contribution is 2.23. The second-order valence-corrected chi connectivity index (χ2v) is 7.65. The molecule has 0 saturated heterocycles. The van der Waals surface area contributed by atoms with Crippen molar-refractivity contribution >= 4 is 23.1 Å². The number of ether oxygens (including phenoxy) is 2. The predicted molar refractivity (Wildman–Crippen MR) is 126 cm³/mol. The lowest BCUT2D eigenvalue weighted by Gasteiger charge is -2.14. The second kappa shape index (κ2) is 9.99. The molecule has 0 aliphatic heterocycles. The van der Waals surface area contributed by atoms with E-state index < -0.39 is 12.6 Å². The molecule has 0 aliphatic carbocycles. The molecule has 1 heterocycles. The number of aliphatic carboxylic acids is 1. The van der Waals surface area contributed by atoms with E-state index in [1.807, 2.05) is 38.1 Å². The van der Waals surface area contributed by atoms with Crippen LogP contribution in [0, 0.1) is 13.8 Å². The zero-order valence-electron chi connectivity index (χ0n) is 18.7. The largest absolute Gasteiger partial charge is 0.546 e. The predicted octanol–water partition coefficient (Wildman–Crippen LogP) is 2.60. The Morgan fingerprint density at radius 2 is 1.71 bits per heavy atom. The van der Waals surface area contributed by atoms with Crippen molar-refractivity contribution in [1.29, 1.82) is 0 Å². The number of carboxylic acids is 1. The zero-order valence-corrected chi connectivity index (χ0v) is 18.7. The van der Waals surface area contributed by atoms with Crippen LogP contribution in [-0.4, -0.2) is 28.5 Å². The van der Waals surface area contributed by atoms with Gasteiger partial charge in [-0.2, -0.15) is 9.78 Å². The number of benzene rings is 3.